The van der Waals surface area contributed by atoms with Gasteiger partial charge in [-0.1, -0.05) is 0 Å². The second-order valence-electron chi connectivity index (χ2n) is 4.17. The van der Waals surface area contributed by atoms with Crippen LogP contribution in [0.4, 0.5) is 5.69 Å². The molecule has 0 aliphatic carbocycles. The molecule has 1 aliphatic heterocycles. The predicted molar refractivity (Wildman–Crippen MR) is 62.5 cm³/mol. The molecular formula is C12H13N3O. The molecule has 0 amide bonds. The van der Waals surface area contributed by atoms with Crippen LogP contribution in [0.3, 0.4) is 0 Å². The lowest BCUT2D eigenvalue weighted by atomic mass is 10.1. The number of aromatic amines is 1. The summed E-state index contributed by atoms with van der Waals surface area (Å²) >= 11 is 0. The van der Waals surface area contributed by atoms with Crippen molar-refractivity contribution in [3.8, 4) is 0 Å². The molecule has 4 nitrogen and oxygen atoms in total. The van der Waals surface area contributed by atoms with Crippen LogP contribution in [-0.2, 0) is 4.79 Å². The van der Waals surface area contributed by atoms with E-state index in [1.807, 2.05) is 12.1 Å². The van der Waals surface area contributed by atoms with E-state index in [1.54, 1.807) is 6.33 Å². The number of rotatable bonds is 1. The first kappa shape index (κ1) is 9.39. The summed E-state index contributed by atoms with van der Waals surface area (Å²) in [5.41, 5.74) is 3.09. The maximum atomic E-state index is 11.4. The van der Waals surface area contributed by atoms with Gasteiger partial charge in [0.25, 0.3) is 0 Å². The zero-order valence-electron chi connectivity index (χ0n) is 8.94. The minimum Gasteiger partial charge on any atom is -0.364 e. The molecule has 3 rings (SSSR count). The fraction of sp³-hybridized carbons (Fsp3) is 0.333. The van der Waals surface area contributed by atoms with Gasteiger partial charge in [0.2, 0.25) is 0 Å². The number of H-pyrrole nitrogens is 1. The molecule has 1 saturated heterocycles. The van der Waals surface area contributed by atoms with Gasteiger partial charge in [-0.15, -0.1) is 0 Å². The predicted octanol–water partition coefficient (Wildman–Crippen LogP) is 1.73. The number of hydrogen-bond donors (Lipinski definition) is 1. The lowest BCUT2D eigenvalue weighted by Gasteiger charge is -2.27. The molecule has 0 bridgehead atoms. The Hall–Kier alpha value is -1.84. The van der Waals surface area contributed by atoms with Crippen LogP contribution in [0.25, 0.3) is 11.0 Å². The van der Waals surface area contributed by atoms with Crippen LogP contribution in [0.1, 0.15) is 12.8 Å². The zero-order chi connectivity index (χ0) is 11.0. The van der Waals surface area contributed by atoms with Crippen molar-refractivity contribution in [1.82, 2.24) is 9.97 Å². The van der Waals surface area contributed by atoms with Crippen LogP contribution in [0, 0.1) is 0 Å². The maximum absolute atomic E-state index is 11.4. The van der Waals surface area contributed by atoms with Gasteiger partial charge in [-0.3, -0.25) is 4.79 Å². The molecule has 1 aromatic carbocycles. The Morgan fingerprint density at radius 2 is 2.31 bits per heavy atom. The van der Waals surface area contributed by atoms with Gasteiger partial charge in [0.15, 0.2) is 5.78 Å². The molecule has 1 aliphatic rings. The van der Waals surface area contributed by atoms with Gasteiger partial charge in [-0.2, -0.15) is 0 Å². The number of nitrogens with one attached hydrogen (secondary N) is 1. The molecule has 0 atom stereocenters. The topological polar surface area (TPSA) is 49.0 Å². The van der Waals surface area contributed by atoms with Gasteiger partial charge in [-0.05, 0) is 24.6 Å². The SMILES string of the molecule is O=C1CCCN(c2ccc3nc[nH]c3c2)C1. The van der Waals surface area contributed by atoms with Crippen LogP contribution in [0.5, 0.6) is 0 Å². The maximum Gasteiger partial charge on any atom is 0.152 e. The van der Waals surface area contributed by atoms with Crippen molar-refractivity contribution in [3.05, 3.63) is 24.5 Å². The van der Waals surface area contributed by atoms with E-state index in [0.717, 1.165) is 36.1 Å². The summed E-state index contributed by atoms with van der Waals surface area (Å²) in [5.74, 6) is 0.330. The van der Waals surface area contributed by atoms with Gasteiger partial charge in [0.05, 0.1) is 23.9 Å². The summed E-state index contributed by atoms with van der Waals surface area (Å²) in [4.78, 5) is 20.8. The number of carbonyl (C=O) groups excluding carboxylic acids is 1. The Labute approximate surface area is 93.3 Å². The summed E-state index contributed by atoms with van der Waals surface area (Å²) < 4.78 is 0. The van der Waals surface area contributed by atoms with Crippen molar-refractivity contribution in [2.45, 2.75) is 12.8 Å². The third-order valence-electron chi connectivity index (χ3n) is 3.02. The molecule has 16 heavy (non-hydrogen) atoms. The number of hydrogen-bond acceptors (Lipinski definition) is 3. The minimum atomic E-state index is 0.330. The highest BCUT2D eigenvalue weighted by Crippen LogP contribution is 2.22. The molecule has 1 aromatic heterocycles. The van der Waals surface area contributed by atoms with Gasteiger partial charge in [0, 0.05) is 18.7 Å². The Kier molecular flexibility index (Phi) is 2.13. The number of imidazole rings is 1. The number of Topliss-reactive ketones (excluding diaryl/α,β-unsaturated/α-hetero) is 1. The fourth-order valence-corrected chi connectivity index (χ4v) is 2.18. The fourth-order valence-electron chi connectivity index (χ4n) is 2.18. The van der Waals surface area contributed by atoms with Crippen molar-refractivity contribution in [1.29, 1.82) is 0 Å². The standard InChI is InChI=1S/C12H13N3O/c16-10-2-1-5-15(7-10)9-3-4-11-12(6-9)14-8-13-11/h3-4,6,8H,1-2,5,7H2,(H,13,14). The van der Waals surface area contributed by atoms with E-state index >= 15 is 0 Å². The largest absolute Gasteiger partial charge is 0.364 e. The minimum absolute atomic E-state index is 0.330. The van der Waals surface area contributed by atoms with Gasteiger partial charge in [-0.25, -0.2) is 4.98 Å². The average Bonchev–Trinajstić information content (AvgIpc) is 2.75. The van der Waals surface area contributed by atoms with Crippen LogP contribution in [0.2, 0.25) is 0 Å². The Morgan fingerprint density at radius 1 is 1.38 bits per heavy atom. The second-order valence-corrected chi connectivity index (χ2v) is 4.17. The summed E-state index contributed by atoms with van der Waals surface area (Å²) in [6.07, 6.45) is 3.37. The highest BCUT2D eigenvalue weighted by Gasteiger charge is 2.17. The van der Waals surface area contributed by atoms with Gasteiger partial charge < -0.3 is 9.88 Å². The molecule has 0 saturated carbocycles. The molecule has 2 aromatic rings. The summed E-state index contributed by atoms with van der Waals surface area (Å²) in [7, 11) is 0. The van der Waals surface area contributed by atoms with E-state index in [1.165, 1.54) is 0 Å². The summed E-state index contributed by atoms with van der Waals surface area (Å²) in [6, 6.07) is 6.07. The van der Waals surface area contributed by atoms with Crippen molar-refractivity contribution in [3.63, 3.8) is 0 Å². The average molecular weight is 215 g/mol. The number of carbonyl (C=O) groups is 1. The molecule has 0 radical (unpaired) electrons. The normalized spacial score (nSPS) is 17.0. The highest BCUT2D eigenvalue weighted by molar-refractivity contribution is 5.86. The van der Waals surface area contributed by atoms with E-state index in [-0.39, 0.29) is 0 Å². The lowest BCUT2D eigenvalue weighted by Crippen LogP contribution is -2.35. The van der Waals surface area contributed by atoms with Crippen LogP contribution < -0.4 is 4.90 Å². The molecule has 0 unspecified atom stereocenters. The molecule has 82 valence electrons. The quantitative estimate of drug-likeness (QED) is 0.788. The number of fused-ring (bicyclic) bond motifs is 1. The van der Waals surface area contributed by atoms with Crippen molar-refractivity contribution >= 4 is 22.5 Å². The molecule has 4 heteroatoms. The summed E-state index contributed by atoms with van der Waals surface area (Å²) in [5, 5.41) is 0. The highest BCUT2D eigenvalue weighted by atomic mass is 16.1. The molecule has 1 fully saturated rings. The molecule has 1 N–H and O–H groups in total. The summed E-state index contributed by atoms with van der Waals surface area (Å²) in [6.45, 7) is 1.50. The van der Waals surface area contributed by atoms with Crippen molar-refractivity contribution in [2.24, 2.45) is 0 Å². The smallest absolute Gasteiger partial charge is 0.152 e. The third-order valence-corrected chi connectivity index (χ3v) is 3.02. The lowest BCUT2D eigenvalue weighted by molar-refractivity contribution is -0.118. The van der Waals surface area contributed by atoms with E-state index in [9.17, 15) is 4.79 Å². The molecule has 2 heterocycles. The first-order chi connectivity index (χ1) is 7.83. The monoisotopic (exact) mass is 215 g/mol. The number of anilines is 1. The van der Waals surface area contributed by atoms with Crippen molar-refractivity contribution in [2.75, 3.05) is 18.0 Å². The second kappa shape index (κ2) is 3.63. The van der Waals surface area contributed by atoms with E-state index in [4.69, 9.17) is 0 Å². The molecule has 0 spiro atoms. The first-order valence-electron chi connectivity index (χ1n) is 5.53. The van der Waals surface area contributed by atoms with E-state index < -0.39 is 0 Å². The number of ketones is 1. The first-order valence-corrected chi connectivity index (χ1v) is 5.53. The Morgan fingerprint density at radius 3 is 3.19 bits per heavy atom. The van der Waals surface area contributed by atoms with Crippen LogP contribution in [-0.4, -0.2) is 28.8 Å². The number of aromatic nitrogens is 2. The van der Waals surface area contributed by atoms with E-state index in [2.05, 4.69) is 20.9 Å². The molecular weight excluding hydrogens is 202 g/mol. The van der Waals surface area contributed by atoms with Crippen LogP contribution in [0.15, 0.2) is 24.5 Å². The zero-order valence-corrected chi connectivity index (χ0v) is 8.94. The van der Waals surface area contributed by atoms with Gasteiger partial charge in [0.1, 0.15) is 0 Å². The third kappa shape index (κ3) is 1.56. The van der Waals surface area contributed by atoms with E-state index in [0.29, 0.717) is 12.3 Å². The van der Waals surface area contributed by atoms with Crippen LogP contribution >= 0.6 is 0 Å². The number of benzene rings is 1. The van der Waals surface area contributed by atoms with Gasteiger partial charge >= 0.3 is 0 Å². The number of nitrogens with zero attached hydrogens (tertiary/aromatic N) is 2. The van der Waals surface area contributed by atoms with Crippen molar-refractivity contribution < 1.29 is 4.79 Å². The Balaban J connectivity index is 1.95. The number of piperidine rings is 1. The Bertz CT molecular complexity index is 532.